The van der Waals surface area contributed by atoms with E-state index in [9.17, 15) is 13.2 Å². The molecule has 0 bridgehead atoms. The van der Waals surface area contributed by atoms with Crippen LogP contribution in [-0.4, -0.2) is 55.4 Å². The maximum absolute atomic E-state index is 14.3. The Morgan fingerprint density at radius 1 is 1.03 bits per heavy atom. The topological polar surface area (TPSA) is 76.2 Å². The van der Waals surface area contributed by atoms with Gasteiger partial charge in [0.1, 0.15) is 17.5 Å². The van der Waals surface area contributed by atoms with E-state index in [0.717, 1.165) is 49.3 Å². The van der Waals surface area contributed by atoms with Gasteiger partial charge in [-0.15, -0.1) is 0 Å². The fraction of sp³-hybridized carbons (Fsp3) is 0.552. The highest BCUT2D eigenvalue weighted by Crippen LogP contribution is 2.53. The van der Waals surface area contributed by atoms with Crippen LogP contribution in [0.5, 0.6) is 11.5 Å². The van der Waals surface area contributed by atoms with E-state index in [-0.39, 0.29) is 28.8 Å². The van der Waals surface area contributed by atoms with Crippen LogP contribution in [0.15, 0.2) is 47.4 Å². The van der Waals surface area contributed by atoms with E-state index < -0.39 is 16.1 Å². The van der Waals surface area contributed by atoms with E-state index in [1.165, 1.54) is 12.0 Å². The molecule has 7 rings (SSSR count). The standard InChI is InChI=1S/C29H34N2O5S/c1-35-24-6-8-25(9-7-24)37(33,34)31-26-15-22(26)16-27(31)29(32)30(23-5-4-20-13-21(20)14-23)17-18-2-3-19-10-11-36-28(19)12-18/h2-3,6-9,12,20-23,26-27H,4-5,10-11,13-17H2,1H3/t20?,21?,22-,23?,26-,27+/m1/s1. The molecular weight excluding hydrogens is 488 g/mol. The highest BCUT2D eigenvalue weighted by Gasteiger charge is 2.60. The zero-order chi connectivity index (χ0) is 25.3. The van der Waals surface area contributed by atoms with Crippen molar-refractivity contribution < 1.29 is 22.7 Å². The Bertz CT molecular complexity index is 1330. The number of carbonyl (C=O) groups is 1. The minimum absolute atomic E-state index is 0.0326. The SMILES string of the molecule is COc1ccc(S(=O)(=O)N2[C@@H]3C[C@@H]3C[C@H]2C(=O)N(Cc2ccc3c(c2)OCC3)C2CCC3CC3C2)cc1. The van der Waals surface area contributed by atoms with Crippen molar-refractivity contribution in [2.75, 3.05) is 13.7 Å². The molecular formula is C29H34N2O5S. The van der Waals surface area contributed by atoms with Crippen molar-refractivity contribution in [2.24, 2.45) is 17.8 Å². The van der Waals surface area contributed by atoms with Crippen molar-refractivity contribution in [2.45, 2.75) is 74.5 Å². The lowest BCUT2D eigenvalue weighted by atomic mass is 9.93. The molecule has 6 atom stereocenters. The first-order chi connectivity index (χ1) is 17.9. The smallest absolute Gasteiger partial charge is 0.244 e. The summed E-state index contributed by atoms with van der Waals surface area (Å²) in [7, 11) is -2.24. The Hall–Kier alpha value is -2.58. The monoisotopic (exact) mass is 522 g/mol. The average molecular weight is 523 g/mol. The van der Waals surface area contributed by atoms with Crippen LogP contribution in [0, 0.1) is 17.8 Å². The third-order valence-electron chi connectivity index (χ3n) is 9.32. The highest BCUT2D eigenvalue weighted by atomic mass is 32.2. The van der Waals surface area contributed by atoms with Gasteiger partial charge >= 0.3 is 0 Å². The van der Waals surface area contributed by atoms with Crippen molar-refractivity contribution in [3.05, 3.63) is 53.6 Å². The molecule has 1 saturated heterocycles. The van der Waals surface area contributed by atoms with Gasteiger partial charge in [0.15, 0.2) is 0 Å². The number of sulfonamides is 1. The number of benzene rings is 2. The van der Waals surface area contributed by atoms with Gasteiger partial charge in [0.25, 0.3) is 0 Å². The largest absolute Gasteiger partial charge is 0.497 e. The number of hydrogen-bond acceptors (Lipinski definition) is 5. The Kier molecular flexibility index (Phi) is 5.55. The number of nitrogens with zero attached hydrogens (tertiary/aromatic N) is 2. The third-order valence-corrected chi connectivity index (χ3v) is 11.3. The maximum atomic E-state index is 14.3. The quantitative estimate of drug-likeness (QED) is 0.550. The first kappa shape index (κ1) is 23.5. The lowest BCUT2D eigenvalue weighted by Gasteiger charge is -2.38. The van der Waals surface area contributed by atoms with Crippen LogP contribution in [0.3, 0.4) is 0 Å². The van der Waals surface area contributed by atoms with Crippen molar-refractivity contribution >= 4 is 15.9 Å². The van der Waals surface area contributed by atoms with Crippen molar-refractivity contribution in [1.82, 2.24) is 9.21 Å². The molecule has 0 aromatic heterocycles. The van der Waals surface area contributed by atoms with Crippen LogP contribution in [0.25, 0.3) is 0 Å². The van der Waals surface area contributed by atoms with Gasteiger partial charge in [-0.1, -0.05) is 12.1 Å². The number of amides is 1. The maximum Gasteiger partial charge on any atom is 0.244 e. The molecule has 4 fully saturated rings. The normalized spacial score (nSPS) is 31.6. The molecule has 2 heterocycles. The Morgan fingerprint density at radius 3 is 2.65 bits per heavy atom. The molecule has 3 unspecified atom stereocenters. The first-order valence-electron chi connectivity index (χ1n) is 13.6. The number of ether oxygens (including phenoxy) is 2. The number of piperidine rings is 1. The zero-order valence-corrected chi connectivity index (χ0v) is 22.0. The Labute approximate surface area is 218 Å². The van der Waals surface area contributed by atoms with Crippen LogP contribution in [-0.2, 0) is 27.8 Å². The minimum atomic E-state index is -3.80. The molecule has 2 aliphatic heterocycles. The van der Waals surface area contributed by atoms with Gasteiger partial charge in [-0.3, -0.25) is 4.79 Å². The van der Waals surface area contributed by atoms with Gasteiger partial charge in [0, 0.05) is 25.0 Å². The summed E-state index contributed by atoms with van der Waals surface area (Å²) in [5, 5.41) is 0. The Balaban J connectivity index is 1.19. The van der Waals surface area contributed by atoms with Crippen LogP contribution >= 0.6 is 0 Å². The molecule has 3 saturated carbocycles. The summed E-state index contributed by atoms with van der Waals surface area (Å²) in [6.45, 7) is 1.20. The second-order valence-corrected chi connectivity index (χ2v) is 13.4. The molecule has 2 aromatic carbocycles. The molecule has 2 aromatic rings. The molecule has 37 heavy (non-hydrogen) atoms. The summed E-state index contributed by atoms with van der Waals surface area (Å²) in [5.74, 6) is 3.31. The molecule has 0 radical (unpaired) electrons. The third kappa shape index (κ3) is 4.13. The molecule has 1 amide bonds. The number of fused-ring (bicyclic) bond motifs is 3. The summed E-state index contributed by atoms with van der Waals surface area (Å²) in [6.07, 6.45) is 6.84. The molecule has 7 nitrogen and oxygen atoms in total. The first-order valence-corrected chi connectivity index (χ1v) is 15.1. The van der Waals surface area contributed by atoms with E-state index in [2.05, 4.69) is 18.2 Å². The van der Waals surface area contributed by atoms with Crippen molar-refractivity contribution in [1.29, 1.82) is 0 Å². The fourth-order valence-corrected chi connectivity index (χ4v) is 8.89. The summed E-state index contributed by atoms with van der Waals surface area (Å²) >= 11 is 0. The van der Waals surface area contributed by atoms with Crippen LogP contribution in [0.2, 0.25) is 0 Å². The van der Waals surface area contributed by atoms with Crippen molar-refractivity contribution in [3.63, 3.8) is 0 Å². The second-order valence-electron chi connectivity index (χ2n) is 11.6. The van der Waals surface area contributed by atoms with Gasteiger partial charge in [-0.05, 0) is 97.7 Å². The van der Waals surface area contributed by atoms with Crippen LogP contribution in [0.1, 0.15) is 49.7 Å². The number of methoxy groups -OCH3 is 1. The molecule has 196 valence electrons. The highest BCUT2D eigenvalue weighted by molar-refractivity contribution is 7.89. The van der Waals surface area contributed by atoms with Gasteiger partial charge in [0.2, 0.25) is 15.9 Å². The van der Waals surface area contributed by atoms with Gasteiger partial charge in [-0.2, -0.15) is 4.31 Å². The lowest BCUT2D eigenvalue weighted by Crippen LogP contribution is -2.52. The van der Waals surface area contributed by atoms with E-state index in [1.54, 1.807) is 35.7 Å². The van der Waals surface area contributed by atoms with E-state index in [0.29, 0.717) is 31.2 Å². The molecule has 8 heteroatoms. The zero-order valence-electron chi connectivity index (χ0n) is 21.2. The van der Waals surface area contributed by atoms with E-state index >= 15 is 0 Å². The summed E-state index contributed by atoms with van der Waals surface area (Å²) in [5.41, 5.74) is 2.27. The summed E-state index contributed by atoms with van der Waals surface area (Å²) in [6, 6.07) is 12.2. The number of hydrogen-bond donors (Lipinski definition) is 0. The minimum Gasteiger partial charge on any atom is -0.497 e. The van der Waals surface area contributed by atoms with Crippen LogP contribution < -0.4 is 9.47 Å². The van der Waals surface area contributed by atoms with Gasteiger partial charge in [-0.25, -0.2) is 8.42 Å². The van der Waals surface area contributed by atoms with Gasteiger partial charge < -0.3 is 14.4 Å². The van der Waals surface area contributed by atoms with Crippen LogP contribution in [0.4, 0.5) is 0 Å². The number of rotatable bonds is 7. The molecule has 3 aliphatic carbocycles. The Morgan fingerprint density at radius 2 is 1.86 bits per heavy atom. The average Bonchev–Trinajstić information content (AvgIpc) is 3.77. The molecule has 0 N–H and O–H groups in total. The lowest BCUT2D eigenvalue weighted by molar-refractivity contribution is -0.139. The predicted octanol–water partition coefficient (Wildman–Crippen LogP) is 4.00. The van der Waals surface area contributed by atoms with Crippen molar-refractivity contribution in [3.8, 4) is 11.5 Å². The van der Waals surface area contributed by atoms with E-state index in [4.69, 9.17) is 9.47 Å². The fourth-order valence-electron chi connectivity index (χ4n) is 7.04. The van der Waals surface area contributed by atoms with Gasteiger partial charge in [0.05, 0.1) is 18.6 Å². The molecule has 5 aliphatic rings. The van der Waals surface area contributed by atoms with E-state index in [1.807, 2.05) is 4.90 Å². The summed E-state index contributed by atoms with van der Waals surface area (Å²) < 4.78 is 40.2. The predicted molar refractivity (Wildman–Crippen MR) is 138 cm³/mol. The number of carbonyl (C=O) groups excluding carboxylic acids is 1. The second kappa shape index (κ2) is 8.73. The summed E-state index contributed by atoms with van der Waals surface area (Å²) in [4.78, 5) is 16.6. The molecule has 0 spiro atoms.